The van der Waals surface area contributed by atoms with Crippen molar-refractivity contribution in [3.63, 3.8) is 0 Å². The van der Waals surface area contributed by atoms with Gasteiger partial charge in [0.25, 0.3) is 5.91 Å². The number of imidazole rings is 1. The molecule has 154 valence electrons. The van der Waals surface area contributed by atoms with Crippen LogP contribution < -0.4 is 10.5 Å². The molecule has 0 fully saturated rings. The Bertz CT molecular complexity index is 1190. The third-order valence-corrected chi connectivity index (χ3v) is 4.69. The fourth-order valence-electron chi connectivity index (χ4n) is 3.14. The van der Waals surface area contributed by atoms with Gasteiger partial charge in [-0.05, 0) is 32.0 Å². The number of nitrogens with zero attached hydrogens (tertiary/aromatic N) is 3. The SMILES string of the molecule is Cc1cc([C@](C)(O)C#Cc2ccc3c(c2)-c2nc(C(N)=O)cn2C[C@H](CF)O3)no1. The van der Waals surface area contributed by atoms with E-state index < -0.39 is 24.3 Å². The highest BCUT2D eigenvalue weighted by Crippen LogP contribution is 2.34. The lowest BCUT2D eigenvalue weighted by molar-refractivity contribution is 0.0995. The lowest BCUT2D eigenvalue weighted by Gasteiger charge is -2.14. The molecule has 0 aliphatic carbocycles. The number of hydrogen-bond donors (Lipinski definition) is 2. The summed E-state index contributed by atoms with van der Waals surface area (Å²) in [5, 5.41) is 14.4. The highest BCUT2D eigenvalue weighted by atomic mass is 19.1. The average Bonchev–Trinajstić information content (AvgIpc) is 3.30. The quantitative estimate of drug-likeness (QED) is 0.638. The van der Waals surface area contributed by atoms with Crippen molar-refractivity contribution in [2.24, 2.45) is 5.73 Å². The summed E-state index contributed by atoms with van der Waals surface area (Å²) < 4.78 is 25.8. The second kappa shape index (κ2) is 7.31. The van der Waals surface area contributed by atoms with Crippen molar-refractivity contribution in [2.45, 2.75) is 32.1 Å². The van der Waals surface area contributed by atoms with Crippen LogP contribution in [-0.2, 0) is 12.1 Å². The number of aromatic nitrogens is 3. The fraction of sp³-hybridized carbons (Fsp3) is 0.286. The molecule has 1 amide bonds. The van der Waals surface area contributed by atoms with Gasteiger partial charge in [-0.3, -0.25) is 4.79 Å². The number of hydrogen-bond acceptors (Lipinski definition) is 6. The number of aryl methyl sites for hydroxylation is 1. The second-order valence-corrected chi connectivity index (χ2v) is 7.22. The molecule has 1 aliphatic heterocycles. The van der Waals surface area contributed by atoms with E-state index in [0.29, 0.717) is 34.2 Å². The van der Waals surface area contributed by atoms with Crippen LogP contribution in [0, 0.1) is 18.8 Å². The molecular formula is C21H19FN4O4. The molecule has 0 radical (unpaired) electrons. The molecule has 2 aromatic heterocycles. The number of ether oxygens (including phenoxy) is 1. The maximum atomic E-state index is 13.4. The average molecular weight is 410 g/mol. The van der Waals surface area contributed by atoms with Crippen LogP contribution in [0.2, 0.25) is 0 Å². The Labute approximate surface area is 171 Å². The van der Waals surface area contributed by atoms with E-state index in [9.17, 15) is 14.3 Å². The molecule has 30 heavy (non-hydrogen) atoms. The van der Waals surface area contributed by atoms with Gasteiger partial charge >= 0.3 is 0 Å². The zero-order valence-electron chi connectivity index (χ0n) is 16.3. The topological polar surface area (TPSA) is 116 Å². The Morgan fingerprint density at radius 2 is 2.27 bits per heavy atom. The molecule has 0 unspecified atom stereocenters. The minimum absolute atomic E-state index is 0.0799. The minimum atomic E-state index is -1.52. The molecular weight excluding hydrogens is 391 g/mol. The van der Waals surface area contributed by atoms with Crippen LogP contribution in [0.25, 0.3) is 11.4 Å². The number of fused-ring (bicyclic) bond motifs is 3. The van der Waals surface area contributed by atoms with Gasteiger partial charge in [-0.15, -0.1) is 0 Å². The van der Waals surface area contributed by atoms with Gasteiger partial charge in [0.1, 0.15) is 41.5 Å². The molecule has 3 aromatic rings. The number of aliphatic hydroxyl groups is 1. The molecule has 9 heteroatoms. The standard InChI is InChI=1S/C21H19FN4O4/c1-12-7-18(25-30-12)21(2,28)6-5-13-3-4-17-15(8-13)20-24-16(19(23)27)11-26(20)10-14(9-22)29-17/h3-4,7-8,11,14,28H,9-10H2,1-2H3,(H2,23,27)/t14-,21+/m0/s1. The molecule has 2 atom stereocenters. The van der Waals surface area contributed by atoms with Crippen molar-refractivity contribution >= 4 is 5.91 Å². The van der Waals surface area contributed by atoms with Crippen molar-refractivity contribution in [1.29, 1.82) is 0 Å². The predicted octanol–water partition coefficient (Wildman–Crippen LogP) is 1.94. The number of halogens is 1. The lowest BCUT2D eigenvalue weighted by atomic mass is 10.0. The molecule has 1 aromatic carbocycles. The molecule has 3 N–H and O–H groups in total. The van der Waals surface area contributed by atoms with E-state index >= 15 is 0 Å². The van der Waals surface area contributed by atoms with Gasteiger partial charge < -0.3 is 24.7 Å². The van der Waals surface area contributed by atoms with Crippen molar-refractivity contribution in [3.8, 4) is 29.0 Å². The van der Waals surface area contributed by atoms with Crippen molar-refractivity contribution < 1.29 is 23.6 Å². The maximum Gasteiger partial charge on any atom is 0.268 e. The van der Waals surface area contributed by atoms with Crippen LogP contribution >= 0.6 is 0 Å². The van der Waals surface area contributed by atoms with Crippen molar-refractivity contribution in [1.82, 2.24) is 14.7 Å². The molecule has 0 spiro atoms. The van der Waals surface area contributed by atoms with Crippen LogP contribution in [0.1, 0.15) is 34.4 Å². The Kier molecular flexibility index (Phi) is 4.79. The smallest absolute Gasteiger partial charge is 0.268 e. The van der Waals surface area contributed by atoms with Gasteiger partial charge in [-0.2, -0.15) is 0 Å². The summed E-state index contributed by atoms with van der Waals surface area (Å²) in [7, 11) is 0. The summed E-state index contributed by atoms with van der Waals surface area (Å²) >= 11 is 0. The number of carbonyl (C=O) groups is 1. The molecule has 3 heterocycles. The summed E-state index contributed by atoms with van der Waals surface area (Å²) in [5.41, 5.74) is 5.32. The molecule has 0 bridgehead atoms. The highest BCUT2D eigenvalue weighted by Gasteiger charge is 2.26. The Morgan fingerprint density at radius 1 is 1.47 bits per heavy atom. The molecule has 0 saturated heterocycles. The minimum Gasteiger partial charge on any atom is -0.485 e. The fourth-order valence-corrected chi connectivity index (χ4v) is 3.14. The number of rotatable bonds is 3. The first kappa shape index (κ1) is 19.7. The van der Waals surface area contributed by atoms with Gasteiger partial charge in [-0.25, -0.2) is 9.37 Å². The zero-order valence-corrected chi connectivity index (χ0v) is 16.3. The van der Waals surface area contributed by atoms with Crippen LogP contribution in [-0.4, -0.2) is 38.5 Å². The molecule has 0 saturated carbocycles. The monoisotopic (exact) mass is 410 g/mol. The second-order valence-electron chi connectivity index (χ2n) is 7.22. The summed E-state index contributed by atoms with van der Waals surface area (Å²) in [6, 6.07) is 6.67. The van der Waals surface area contributed by atoms with Gasteiger partial charge in [0.2, 0.25) is 0 Å². The van der Waals surface area contributed by atoms with Gasteiger partial charge in [-0.1, -0.05) is 17.0 Å². The Morgan fingerprint density at radius 3 is 2.93 bits per heavy atom. The third-order valence-electron chi connectivity index (χ3n) is 4.69. The molecule has 1 aliphatic rings. The van der Waals surface area contributed by atoms with Crippen LogP contribution in [0.5, 0.6) is 5.75 Å². The van der Waals surface area contributed by atoms with Crippen LogP contribution in [0.4, 0.5) is 4.39 Å². The normalized spacial score (nSPS) is 16.9. The first-order valence-electron chi connectivity index (χ1n) is 9.20. The summed E-state index contributed by atoms with van der Waals surface area (Å²) in [5.74, 6) is 6.42. The van der Waals surface area contributed by atoms with Crippen LogP contribution in [0.3, 0.4) is 0 Å². The summed E-state index contributed by atoms with van der Waals surface area (Å²) in [6.45, 7) is 2.72. The Hall–Kier alpha value is -3.64. The first-order valence-corrected chi connectivity index (χ1v) is 9.20. The molecule has 4 rings (SSSR count). The van der Waals surface area contributed by atoms with Crippen molar-refractivity contribution in [2.75, 3.05) is 6.67 Å². The highest BCUT2D eigenvalue weighted by molar-refractivity contribution is 5.91. The van der Waals surface area contributed by atoms with E-state index in [2.05, 4.69) is 22.0 Å². The molecule has 8 nitrogen and oxygen atoms in total. The Balaban J connectivity index is 1.76. The van der Waals surface area contributed by atoms with Gasteiger partial charge in [0, 0.05) is 17.8 Å². The number of amides is 1. The number of benzene rings is 1. The van der Waals surface area contributed by atoms with E-state index in [-0.39, 0.29) is 12.2 Å². The number of carbonyl (C=O) groups excluding carboxylic acids is 1. The number of alkyl halides is 1. The maximum absolute atomic E-state index is 13.4. The lowest BCUT2D eigenvalue weighted by Crippen LogP contribution is -2.23. The van der Waals surface area contributed by atoms with Gasteiger partial charge in [0.05, 0.1) is 12.1 Å². The first-order chi connectivity index (χ1) is 14.3. The predicted molar refractivity (Wildman–Crippen MR) is 104 cm³/mol. The largest absolute Gasteiger partial charge is 0.485 e. The summed E-state index contributed by atoms with van der Waals surface area (Å²) in [4.78, 5) is 15.8. The van der Waals surface area contributed by atoms with E-state index in [1.54, 1.807) is 35.8 Å². The third kappa shape index (κ3) is 3.65. The summed E-state index contributed by atoms with van der Waals surface area (Å²) in [6.07, 6.45) is 0.752. The van der Waals surface area contributed by atoms with Crippen molar-refractivity contribution in [3.05, 3.63) is 53.2 Å². The van der Waals surface area contributed by atoms with E-state index in [1.165, 1.54) is 13.1 Å². The number of primary amides is 1. The van der Waals surface area contributed by atoms with E-state index in [1.807, 2.05) is 0 Å². The van der Waals surface area contributed by atoms with Crippen LogP contribution in [0.15, 0.2) is 35.0 Å². The van der Waals surface area contributed by atoms with E-state index in [0.717, 1.165) is 0 Å². The van der Waals surface area contributed by atoms with E-state index in [4.69, 9.17) is 15.0 Å². The van der Waals surface area contributed by atoms with Gasteiger partial charge in [0.15, 0.2) is 5.60 Å². The number of nitrogens with two attached hydrogens (primary N) is 1. The zero-order chi connectivity index (χ0) is 21.5.